The van der Waals surface area contributed by atoms with Crippen LogP contribution in [0, 0.1) is 5.92 Å². The molecule has 0 heterocycles. The second kappa shape index (κ2) is 8.06. The number of nitrogens with zero attached hydrogens (tertiary/aromatic N) is 1. The smallest absolute Gasteiger partial charge is 0.329 e. The maximum absolute atomic E-state index is 11.5. The lowest BCUT2D eigenvalue weighted by Gasteiger charge is -2.24. The first-order valence-corrected chi connectivity index (χ1v) is 5.94. The van der Waals surface area contributed by atoms with Gasteiger partial charge in [0.1, 0.15) is 6.04 Å². The molecule has 0 saturated heterocycles. The third-order valence-corrected chi connectivity index (χ3v) is 2.68. The van der Waals surface area contributed by atoms with Crippen LogP contribution in [0.4, 0.5) is 0 Å². The van der Waals surface area contributed by atoms with E-state index in [9.17, 15) is 9.59 Å². The minimum atomic E-state index is -0.591. The van der Waals surface area contributed by atoms with Crippen LogP contribution in [0.15, 0.2) is 0 Å². The molecule has 0 aromatic heterocycles. The van der Waals surface area contributed by atoms with Crippen LogP contribution in [0.2, 0.25) is 0 Å². The number of likely N-dealkylation sites (N-methyl/N-ethyl adjacent to an activating group) is 1. The van der Waals surface area contributed by atoms with E-state index < -0.39 is 12.0 Å². The summed E-state index contributed by atoms with van der Waals surface area (Å²) in [6.07, 6.45) is 1.09. The van der Waals surface area contributed by atoms with Crippen molar-refractivity contribution in [2.75, 3.05) is 27.2 Å². The van der Waals surface area contributed by atoms with Crippen molar-refractivity contribution in [1.82, 2.24) is 10.2 Å². The third-order valence-electron chi connectivity index (χ3n) is 2.68. The molecule has 0 aromatic rings. The number of carbonyl (C=O) groups is 2. The van der Waals surface area contributed by atoms with E-state index in [0.717, 1.165) is 13.0 Å². The second-order valence-corrected chi connectivity index (χ2v) is 4.51. The van der Waals surface area contributed by atoms with Crippen LogP contribution in [0.1, 0.15) is 27.2 Å². The first kappa shape index (κ1) is 15.9. The molecular formula is C12H24N2O3. The van der Waals surface area contributed by atoms with Crippen LogP contribution in [0.5, 0.6) is 0 Å². The molecule has 0 aliphatic rings. The molecule has 5 nitrogen and oxygen atoms in total. The van der Waals surface area contributed by atoms with Crippen molar-refractivity contribution in [2.45, 2.75) is 33.2 Å². The topological polar surface area (TPSA) is 58.6 Å². The summed E-state index contributed by atoms with van der Waals surface area (Å²) in [4.78, 5) is 24.5. The molecule has 0 spiro atoms. The van der Waals surface area contributed by atoms with E-state index in [2.05, 4.69) is 23.9 Å². The van der Waals surface area contributed by atoms with Crippen molar-refractivity contribution in [3.05, 3.63) is 0 Å². The van der Waals surface area contributed by atoms with Crippen LogP contribution < -0.4 is 5.32 Å². The maximum Gasteiger partial charge on any atom is 0.329 e. The Kier molecular flexibility index (Phi) is 7.54. The monoisotopic (exact) mass is 244 g/mol. The second-order valence-electron chi connectivity index (χ2n) is 4.51. The Hall–Kier alpha value is -1.10. The summed E-state index contributed by atoms with van der Waals surface area (Å²) in [5.74, 6) is -0.0656. The van der Waals surface area contributed by atoms with Gasteiger partial charge < -0.3 is 15.0 Å². The Morgan fingerprint density at radius 3 is 2.35 bits per heavy atom. The predicted octanol–water partition coefficient (Wildman–Crippen LogP) is 0.642. The molecule has 2 unspecified atom stereocenters. The van der Waals surface area contributed by atoms with E-state index in [-0.39, 0.29) is 5.91 Å². The van der Waals surface area contributed by atoms with Gasteiger partial charge in [-0.05, 0) is 13.0 Å². The largest absolute Gasteiger partial charge is 0.467 e. The SMILES string of the molecule is CCC(C)CN(C)CC(NC(C)=O)C(=O)OC. The summed E-state index contributed by atoms with van der Waals surface area (Å²) >= 11 is 0. The van der Waals surface area contributed by atoms with Crippen LogP contribution in [0.25, 0.3) is 0 Å². The Morgan fingerprint density at radius 2 is 1.94 bits per heavy atom. The molecule has 0 saturated carbocycles. The molecule has 0 rings (SSSR count). The summed E-state index contributed by atoms with van der Waals surface area (Å²) in [5.41, 5.74) is 0. The minimum Gasteiger partial charge on any atom is -0.467 e. The summed E-state index contributed by atoms with van der Waals surface area (Å²) in [5, 5.41) is 2.60. The van der Waals surface area contributed by atoms with Gasteiger partial charge in [-0.25, -0.2) is 4.79 Å². The molecule has 0 radical (unpaired) electrons. The van der Waals surface area contributed by atoms with E-state index >= 15 is 0 Å². The Morgan fingerprint density at radius 1 is 1.35 bits per heavy atom. The molecule has 2 atom stereocenters. The number of nitrogens with one attached hydrogen (secondary N) is 1. The quantitative estimate of drug-likeness (QED) is 0.668. The van der Waals surface area contributed by atoms with E-state index in [1.54, 1.807) is 0 Å². The van der Waals surface area contributed by atoms with Crippen molar-refractivity contribution in [3.63, 3.8) is 0 Å². The van der Waals surface area contributed by atoms with Crippen LogP contribution in [0.3, 0.4) is 0 Å². The average Bonchev–Trinajstić information content (AvgIpc) is 2.26. The summed E-state index contributed by atoms with van der Waals surface area (Å²) in [6.45, 7) is 7.04. The number of carbonyl (C=O) groups excluding carboxylic acids is 2. The summed E-state index contributed by atoms with van der Waals surface area (Å²) in [7, 11) is 3.26. The lowest BCUT2D eigenvalue weighted by atomic mass is 10.1. The van der Waals surface area contributed by atoms with Gasteiger partial charge in [0.15, 0.2) is 0 Å². The molecule has 0 aliphatic carbocycles. The number of rotatable bonds is 7. The first-order chi connectivity index (χ1) is 7.90. The van der Waals surface area contributed by atoms with Gasteiger partial charge in [0, 0.05) is 20.0 Å². The first-order valence-electron chi connectivity index (χ1n) is 5.94. The van der Waals surface area contributed by atoms with Gasteiger partial charge >= 0.3 is 5.97 Å². The fourth-order valence-electron chi connectivity index (χ4n) is 1.61. The molecular weight excluding hydrogens is 220 g/mol. The molecule has 0 aromatic carbocycles. The molecule has 17 heavy (non-hydrogen) atoms. The molecule has 1 amide bonds. The molecule has 1 N–H and O–H groups in total. The third kappa shape index (κ3) is 6.94. The van der Waals surface area contributed by atoms with Gasteiger partial charge in [-0.15, -0.1) is 0 Å². The van der Waals surface area contributed by atoms with Crippen LogP contribution in [-0.2, 0) is 14.3 Å². The van der Waals surface area contributed by atoms with Crippen LogP contribution in [-0.4, -0.2) is 50.1 Å². The highest BCUT2D eigenvalue weighted by Gasteiger charge is 2.22. The van der Waals surface area contributed by atoms with Crippen molar-refractivity contribution in [3.8, 4) is 0 Å². The zero-order chi connectivity index (χ0) is 13.4. The van der Waals surface area contributed by atoms with Gasteiger partial charge in [0.2, 0.25) is 5.91 Å². The standard InChI is InChI=1S/C12H24N2O3/c1-6-9(2)7-14(4)8-11(12(16)17-5)13-10(3)15/h9,11H,6-8H2,1-5H3,(H,13,15). The highest BCUT2D eigenvalue weighted by molar-refractivity contribution is 5.83. The lowest BCUT2D eigenvalue weighted by molar-refractivity contribution is -0.145. The fourth-order valence-corrected chi connectivity index (χ4v) is 1.61. The molecule has 0 aliphatic heterocycles. The Balaban J connectivity index is 4.31. The lowest BCUT2D eigenvalue weighted by Crippen LogP contribution is -2.48. The predicted molar refractivity (Wildman–Crippen MR) is 66.6 cm³/mol. The highest BCUT2D eigenvalue weighted by atomic mass is 16.5. The number of hydrogen-bond acceptors (Lipinski definition) is 4. The Bertz CT molecular complexity index is 256. The zero-order valence-electron chi connectivity index (χ0n) is 11.4. The molecule has 0 fully saturated rings. The number of esters is 1. The highest BCUT2D eigenvalue weighted by Crippen LogP contribution is 2.03. The number of hydrogen-bond donors (Lipinski definition) is 1. The molecule has 100 valence electrons. The zero-order valence-corrected chi connectivity index (χ0v) is 11.4. The fraction of sp³-hybridized carbons (Fsp3) is 0.833. The van der Waals surface area contributed by atoms with E-state index in [1.165, 1.54) is 14.0 Å². The van der Waals surface area contributed by atoms with Gasteiger partial charge in [0.25, 0.3) is 0 Å². The summed E-state index contributed by atoms with van der Waals surface area (Å²) < 4.78 is 4.67. The summed E-state index contributed by atoms with van der Waals surface area (Å²) in [6, 6.07) is -0.591. The maximum atomic E-state index is 11.5. The number of methoxy groups -OCH3 is 1. The van der Waals surface area contributed by atoms with E-state index in [0.29, 0.717) is 12.5 Å². The van der Waals surface area contributed by atoms with Crippen molar-refractivity contribution in [1.29, 1.82) is 0 Å². The minimum absolute atomic E-state index is 0.225. The van der Waals surface area contributed by atoms with Gasteiger partial charge in [-0.3, -0.25) is 4.79 Å². The van der Waals surface area contributed by atoms with Crippen molar-refractivity contribution >= 4 is 11.9 Å². The van der Waals surface area contributed by atoms with Crippen LogP contribution >= 0.6 is 0 Å². The molecule has 5 heteroatoms. The Labute approximate surface area is 103 Å². The van der Waals surface area contributed by atoms with Gasteiger partial charge in [-0.1, -0.05) is 20.3 Å². The number of amides is 1. The average molecular weight is 244 g/mol. The number of ether oxygens (including phenoxy) is 1. The van der Waals surface area contributed by atoms with E-state index in [1.807, 2.05) is 11.9 Å². The van der Waals surface area contributed by atoms with Crippen molar-refractivity contribution < 1.29 is 14.3 Å². The van der Waals surface area contributed by atoms with Crippen molar-refractivity contribution in [2.24, 2.45) is 5.92 Å². The van der Waals surface area contributed by atoms with E-state index in [4.69, 9.17) is 0 Å². The normalized spacial score (nSPS) is 14.2. The molecule has 0 bridgehead atoms. The van der Waals surface area contributed by atoms with Gasteiger partial charge in [-0.2, -0.15) is 0 Å². The van der Waals surface area contributed by atoms with Gasteiger partial charge in [0.05, 0.1) is 7.11 Å².